The molecule has 1 saturated carbocycles. The molecule has 2 aromatic rings. The maximum atomic E-state index is 11.6. The Hall–Kier alpha value is -2.09. The fourth-order valence-corrected chi connectivity index (χ4v) is 2.16. The molecule has 0 saturated heterocycles. The van der Waals surface area contributed by atoms with Gasteiger partial charge in [-0.05, 0) is 36.1 Å². The number of benzene rings is 2. The van der Waals surface area contributed by atoms with Gasteiger partial charge in [0.25, 0.3) is 0 Å². The highest BCUT2D eigenvalue weighted by molar-refractivity contribution is 5.96. The van der Waals surface area contributed by atoms with Crippen LogP contribution in [-0.4, -0.2) is 11.9 Å². The van der Waals surface area contributed by atoms with E-state index in [4.69, 9.17) is 4.74 Å². The Labute approximate surface area is 119 Å². The zero-order valence-electron chi connectivity index (χ0n) is 11.6. The third-order valence-electron chi connectivity index (χ3n) is 3.54. The molecule has 0 unspecified atom stereocenters. The highest BCUT2D eigenvalue weighted by Crippen LogP contribution is 2.28. The summed E-state index contributed by atoms with van der Waals surface area (Å²) in [6, 6.07) is 15.9. The molecule has 0 atom stereocenters. The van der Waals surface area contributed by atoms with Crippen molar-refractivity contribution in [1.82, 2.24) is 0 Å². The summed E-state index contributed by atoms with van der Waals surface area (Å²) in [5.41, 5.74) is 3.05. The second-order valence-electron chi connectivity index (χ2n) is 5.20. The Balaban J connectivity index is 1.76. The van der Waals surface area contributed by atoms with Crippen molar-refractivity contribution in [3.63, 3.8) is 0 Å². The monoisotopic (exact) mass is 266 g/mol. The Bertz CT molecular complexity index is 592. The minimum Gasteiger partial charge on any atom is -0.490 e. The third kappa shape index (κ3) is 2.90. The van der Waals surface area contributed by atoms with E-state index in [1.54, 1.807) is 0 Å². The summed E-state index contributed by atoms with van der Waals surface area (Å²) in [6.07, 6.45) is 3.33. The first-order chi connectivity index (χ1) is 9.76. The molecular weight excluding hydrogens is 248 g/mol. The molecule has 0 spiro atoms. The van der Waals surface area contributed by atoms with Crippen molar-refractivity contribution in [2.24, 2.45) is 0 Å². The van der Waals surface area contributed by atoms with Crippen LogP contribution in [-0.2, 0) is 0 Å². The number of ketones is 1. The molecular formula is C18H18O2. The number of hydrogen-bond acceptors (Lipinski definition) is 2. The first kappa shape index (κ1) is 12.9. The SMILES string of the molecule is CCC(=O)c1ccc(-c2ccc(OC3CC3)cc2)cc1. The molecule has 0 aromatic heterocycles. The first-order valence-electron chi connectivity index (χ1n) is 7.16. The lowest BCUT2D eigenvalue weighted by Crippen LogP contribution is -1.96. The number of carbonyl (C=O) groups excluding carboxylic acids is 1. The van der Waals surface area contributed by atoms with Crippen LogP contribution in [0.3, 0.4) is 0 Å². The van der Waals surface area contributed by atoms with Crippen LogP contribution in [0.5, 0.6) is 5.75 Å². The minimum absolute atomic E-state index is 0.185. The third-order valence-corrected chi connectivity index (χ3v) is 3.54. The van der Waals surface area contributed by atoms with Crippen LogP contribution in [0.1, 0.15) is 36.5 Å². The lowest BCUT2D eigenvalue weighted by molar-refractivity contribution is 0.0988. The van der Waals surface area contributed by atoms with Gasteiger partial charge in [-0.15, -0.1) is 0 Å². The maximum Gasteiger partial charge on any atom is 0.162 e. The summed E-state index contributed by atoms with van der Waals surface area (Å²) in [7, 11) is 0. The van der Waals surface area contributed by atoms with Crippen LogP contribution >= 0.6 is 0 Å². The molecule has 20 heavy (non-hydrogen) atoms. The van der Waals surface area contributed by atoms with Gasteiger partial charge in [0.05, 0.1) is 6.10 Å². The standard InChI is InChI=1S/C18H18O2/c1-2-18(19)15-5-3-13(4-6-15)14-7-9-16(10-8-14)20-17-11-12-17/h3-10,17H,2,11-12H2,1H3. The zero-order chi connectivity index (χ0) is 13.9. The van der Waals surface area contributed by atoms with Gasteiger partial charge in [-0.2, -0.15) is 0 Å². The number of carbonyl (C=O) groups is 1. The Morgan fingerprint density at radius 3 is 2.05 bits per heavy atom. The molecule has 1 aliphatic rings. The van der Waals surface area contributed by atoms with E-state index in [0.29, 0.717) is 12.5 Å². The van der Waals surface area contributed by atoms with E-state index in [0.717, 1.165) is 22.4 Å². The number of Topliss-reactive ketones (excluding diaryl/α,β-unsaturated/α-hetero) is 1. The van der Waals surface area contributed by atoms with Gasteiger partial charge < -0.3 is 4.74 Å². The molecule has 1 fully saturated rings. The lowest BCUT2D eigenvalue weighted by atomic mass is 10.0. The van der Waals surface area contributed by atoms with E-state index < -0.39 is 0 Å². The second kappa shape index (κ2) is 5.49. The highest BCUT2D eigenvalue weighted by Gasteiger charge is 2.23. The van der Waals surface area contributed by atoms with Gasteiger partial charge in [-0.3, -0.25) is 4.79 Å². The van der Waals surface area contributed by atoms with Gasteiger partial charge >= 0.3 is 0 Å². The average Bonchev–Trinajstić information content (AvgIpc) is 3.31. The van der Waals surface area contributed by atoms with Crippen LogP contribution in [0.2, 0.25) is 0 Å². The van der Waals surface area contributed by atoms with Gasteiger partial charge in [-0.1, -0.05) is 43.3 Å². The summed E-state index contributed by atoms with van der Waals surface area (Å²) in [6.45, 7) is 1.88. The predicted molar refractivity (Wildman–Crippen MR) is 80.1 cm³/mol. The fraction of sp³-hybridized carbons (Fsp3) is 0.278. The van der Waals surface area contributed by atoms with Crippen molar-refractivity contribution in [2.75, 3.05) is 0 Å². The Morgan fingerprint density at radius 1 is 1.00 bits per heavy atom. The molecule has 1 aliphatic carbocycles. The van der Waals surface area contributed by atoms with E-state index in [9.17, 15) is 4.79 Å². The minimum atomic E-state index is 0.185. The second-order valence-corrected chi connectivity index (χ2v) is 5.20. The van der Waals surface area contributed by atoms with E-state index in [1.165, 1.54) is 12.8 Å². The van der Waals surface area contributed by atoms with Crippen molar-refractivity contribution >= 4 is 5.78 Å². The molecule has 2 nitrogen and oxygen atoms in total. The van der Waals surface area contributed by atoms with E-state index in [1.807, 2.05) is 43.3 Å². The van der Waals surface area contributed by atoms with Crippen LogP contribution in [0.15, 0.2) is 48.5 Å². The van der Waals surface area contributed by atoms with Gasteiger partial charge in [-0.25, -0.2) is 0 Å². The van der Waals surface area contributed by atoms with Crippen LogP contribution in [0, 0.1) is 0 Å². The van der Waals surface area contributed by atoms with E-state index >= 15 is 0 Å². The van der Waals surface area contributed by atoms with Gasteiger partial charge in [0.2, 0.25) is 0 Å². The summed E-state index contributed by atoms with van der Waals surface area (Å²) in [5, 5.41) is 0. The molecule has 2 aromatic carbocycles. The quantitative estimate of drug-likeness (QED) is 0.745. The van der Waals surface area contributed by atoms with Crippen molar-refractivity contribution in [3.05, 3.63) is 54.1 Å². The molecule has 3 rings (SSSR count). The number of hydrogen-bond donors (Lipinski definition) is 0. The smallest absolute Gasteiger partial charge is 0.162 e. The Morgan fingerprint density at radius 2 is 1.55 bits per heavy atom. The summed E-state index contributed by atoms with van der Waals surface area (Å²) < 4.78 is 5.74. The number of rotatable bonds is 5. The highest BCUT2D eigenvalue weighted by atomic mass is 16.5. The maximum absolute atomic E-state index is 11.6. The van der Waals surface area contributed by atoms with Gasteiger partial charge in [0, 0.05) is 12.0 Å². The van der Waals surface area contributed by atoms with Crippen molar-refractivity contribution in [2.45, 2.75) is 32.3 Å². The van der Waals surface area contributed by atoms with Crippen molar-refractivity contribution in [3.8, 4) is 16.9 Å². The van der Waals surface area contributed by atoms with Crippen LogP contribution < -0.4 is 4.74 Å². The number of ether oxygens (including phenoxy) is 1. The van der Waals surface area contributed by atoms with Gasteiger partial charge in [0.1, 0.15) is 5.75 Å². The Kier molecular flexibility index (Phi) is 3.55. The molecule has 0 amide bonds. The van der Waals surface area contributed by atoms with Crippen LogP contribution in [0.25, 0.3) is 11.1 Å². The first-order valence-corrected chi connectivity index (χ1v) is 7.16. The topological polar surface area (TPSA) is 26.3 Å². The van der Waals surface area contributed by atoms with Crippen LogP contribution in [0.4, 0.5) is 0 Å². The average molecular weight is 266 g/mol. The molecule has 0 heterocycles. The molecule has 0 radical (unpaired) electrons. The fourth-order valence-electron chi connectivity index (χ4n) is 2.16. The van der Waals surface area contributed by atoms with Crippen molar-refractivity contribution in [1.29, 1.82) is 0 Å². The van der Waals surface area contributed by atoms with Crippen molar-refractivity contribution < 1.29 is 9.53 Å². The predicted octanol–water partition coefficient (Wildman–Crippen LogP) is 4.49. The zero-order valence-corrected chi connectivity index (χ0v) is 11.6. The molecule has 0 N–H and O–H groups in total. The van der Waals surface area contributed by atoms with E-state index in [2.05, 4.69) is 12.1 Å². The molecule has 102 valence electrons. The molecule has 2 heteroatoms. The van der Waals surface area contributed by atoms with Gasteiger partial charge in [0.15, 0.2) is 5.78 Å². The molecule has 0 aliphatic heterocycles. The normalized spacial score (nSPS) is 14.1. The molecule has 0 bridgehead atoms. The lowest BCUT2D eigenvalue weighted by Gasteiger charge is -2.06. The summed E-state index contributed by atoms with van der Waals surface area (Å²) >= 11 is 0. The van der Waals surface area contributed by atoms with E-state index in [-0.39, 0.29) is 5.78 Å². The summed E-state index contributed by atoms with van der Waals surface area (Å²) in [4.78, 5) is 11.6. The summed E-state index contributed by atoms with van der Waals surface area (Å²) in [5.74, 6) is 1.12. The largest absolute Gasteiger partial charge is 0.490 e.